The molecule has 1 atom stereocenters. The Morgan fingerprint density at radius 3 is 2.70 bits per heavy atom. The quantitative estimate of drug-likeness (QED) is 0.879. The molecule has 2 aliphatic heterocycles. The maximum Gasteiger partial charge on any atom is 0.321 e. The number of urea groups is 1. The van der Waals surface area contributed by atoms with Crippen molar-refractivity contribution < 1.29 is 9.59 Å². The molecule has 3 rings (SSSR count). The molecular formula is C21H32N4O2. The number of likely N-dealkylation sites (tertiary alicyclic amines) is 2. The minimum Gasteiger partial charge on any atom is -0.372 e. The van der Waals surface area contributed by atoms with Crippen molar-refractivity contribution in [1.82, 2.24) is 9.80 Å². The molecule has 1 N–H and O–H groups in total. The van der Waals surface area contributed by atoms with Gasteiger partial charge in [0.25, 0.3) is 0 Å². The number of rotatable bonds is 4. The zero-order chi connectivity index (χ0) is 19.4. The van der Waals surface area contributed by atoms with Gasteiger partial charge in [0.2, 0.25) is 5.91 Å². The van der Waals surface area contributed by atoms with Gasteiger partial charge in [0.15, 0.2) is 0 Å². The smallest absolute Gasteiger partial charge is 0.321 e. The molecule has 148 valence electrons. The predicted molar refractivity (Wildman–Crippen MR) is 109 cm³/mol. The first-order chi connectivity index (χ1) is 13.0. The number of anilines is 2. The maximum absolute atomic E-state index is 12.7. The Morgan fingerprint density at radius 2 is 2.00 bits per heavy atom. The van der Waals surface area contributed by atoms with Crippen molar-refractivity contribution in [3.8, 4) is 0 Å². The zero-order valence-electron chi connectivity index (χ0n) is 16.8. The van der Waals surface area contributed by atoms with Gasteiger partial charge in [-0.25, -0.2) is 4.79 Å². The minimum atomic E-state index is -0.0484. The molecule has 0 radical (unpaired) electrons. The summed E-state index contributed by atoms with van der Waals surface area (Å²) >= 11 is 0. The molecule has 0 aliphatic carbocycles. The number of carbonyl (C=O) groups is 2. The molecule has 0 aromatic heterocycles. The molecule has 2 heterocycles. The summed E-state index contributed by atoms with van der Waals surface area (Å²) in [6.45, 7) is 6.61. The van der Waals surface area contributed by atoms with Crippen LogP contribution in [0.3, 0.4) is 0 Å². The molecule has 0 bridgehead atoms. The lowest BCUT2D eigenvalue weighted by Crippen LogP contribution is -2.39. The molecule has 2 fully saturated rings. The Balaban J connectivity index is 1.58. The average Bonchev–Trinajstić information content (AvgIpc) is 2.92. The highest BCUT2D eigenvalue weighted by Gasteiger charge is 2.30. The van der Waals surface area contributed by atoms with E-state index in [2.05, 4.69) is 37.2 Å². The third-order valence-corrected chi connectivity index (χ3v) is 5.81. The molecule has 6 nitrogen and oxygen atoms in total. The minimum absolute atomic E-state index is 0.0484. The van der Waals surface area contributed by atoms with Gasteiger partial charge >= 0.3 is 6.03 Å². The molecule has 27 heavy (non-hydrogen) atoms. The summed E-state index contributed by atoms with van der Waals surface area (Å²) in [7, 11) is 2.06. The van der Waals surface area contributed by atoms with E-state index in [1.165, 1.54) is 0 Å². The number of hydrogen-bond donors (Lipinski definition) is 1. The first-order valence-corrected chi connectivity index (χ1v) is 10.1. The Labute approximate surface area is 162 Å². The summed E-state index contributed by atoms with van der Waals surface area (Å²) < 4.78 is 0. The largest absolute Gasteiger partial charge is 0.372 e. The van der Waals surface area contributed by atoms with Crippen molar-refractivity contribution in [2.24, 2.45) is 0 Å². The van der Waals surface area contributed by atoms with E-state index in [-0.39, 0.29) is 11.9 Å². The Kier molecular flexibility index (Phi) is 6.24. The summed E-state index contributed by atoms with van der Waals surface area (Å²) in [4.78, 5) is 30.9. The van der Waals surface area contributed by atoms with Crippen molar-refractivity contribution in [1.29, 1.82) is 0 Å². The van der Waals surface area contributed by atoms with Crippen molar-refractivity contribution in [3.05, 3.63) is 24.3 Å². The zero-order valence-corrected chi connectivity index (χ0v) is 16.8. The van der Waals surface area contributed by atoms with Crippen molar-refractivity contribution >= 4 is 23.3 Å². The number of hydrogen-bond acceptors (Lipinski definition) is 3. The molecule has 0 saturated carbocycles. The van der Waals surface area contributed by atoms with Gasteiger partial charge in [-0.05, 0) is 57.7 Å². The van der Waals surface area contributed by atoms with E-state index in [1.54, 1.807) is 0 Å². The van der Waals surface area contributed by atoms with Gasteiger partial charge in [-0.1, -0.05) is 6.07 Å². The van der Waals surface area contributed by atoms with Gasteiger partial charge in [0.1, 0.15) is 0 Å². The first kappa shape index (κ1) is 19.5. The molecular weight excluding hydrogens is 340 g/mol. The fraction of sp³-hybridized carbons (Fsp3) is 0.619. The van der Waals surface area contributed by atoms with E-state index < -0.39 is 0 Å². The number of amides is 3. The van der Waals surface area contributed by atoms with Crippen LogP contribution >= 0.6 is 0 Å². The monoisotopic (exact) mass is 372 g/mol. The average molecular weight is 373 g/mol. The van der Waals surface area contributed by atoms with Gasteiger partial charge in [-0.2, -0.15) is 0 Å². The highest BCUT2D eigenvalue weighted by molar-refractivity contribution is 5.90. The van der Waals surface area contributed by atoms with Crippen LogP contribution in [0.2, 0.25) is 0 Å². The third kappa shape index (κ3) is 4.73. The third-order valence-electron chi connectivity index (χ3n) is 5.81. The van der Waals surface area contributed by atoms with Crippen LogP contribution in [0.4, 0.5) is 16.2 Å². The van der Waals surface area contributed by atoms with E-state index >= 15 is 0 Å². The standard InChI is InChI=1S/C21H32N4O2/c1-16(2)23(3)19-8-4-7-17(15-19)22-21(27)24-12-5-9-18(11-14-24)25-13-6-10-20(25)26/h4,7-8,15-16,18H,5-6,9-14H2,1-3H3,(H,22,27)/t18-/m1/s1. The molecule has 1 aromatic rings. The summed E-state index contributed by atoms with van der Waals surface area (Å²) in [6, 6.07) is 8.61. The number of nitrogens with zero attached hydrogens (tertiary/aromatic N) is 3. The van der Waals surface area contributed by atoms with Crippen molar-refractivity contribution in [2.45, 2.75) is 58.0 Å². The van der Waals surface area contributed by atoms with Crippen molar-refractivity contribution in [2.75, 3.05) is 36.9 Å². The summed E-state index contributed by atoms with van der Waals surface area (Å²) in [5.74, 6) is 0.281. The summed E-state index contributed by atoms with van der Waals surface area (Å²) in [5, 5.41) is 3.05. The highest BCUT2D eigenvalue weighted by atomic mass is 16.2. The van der Waals surface area contributed by atoms with Gasteiger partial charge < -0.3 is 20.0 Å². The second-order valence-corrected chi connectivity index (χ2v) is 7.95. The second kappa shape index (κ2) is 8.63. The lowest BCUT2D eigenvalue weighted by atomic mass is 10.1. The first-order valence-electron chi connectivity index (χ1n) is 10.1. The number of carbonyl (C=O) groups excluding carboxylic acids is 2. The lowest BCUT2D eigenvalue weighted by Gasteiger charge is -2.27. The molecule has 1 aromatic carbocycles. The normalized spacial score (nSPS) is 20.7. The van der Waals surface area contributed by atoms with Crippen LogP contribution in [0.15, 0.2) is 24.3 Å². The molecule has 6 heteroatoms. The molecule has 2 saturated heterocycles. The fourth-order valence-corrected chi connectivity index (χ4v) is 3.95. The predicted octanol–water partition coefficient (Wildman–Crippen LogP) is 3.54. The van der Waals surface area contributed by atoms with Gasteiger partial charge in [0, 0.05) is 56.6 Å². The lowest BCUT2D eigenvalue weighted by molar-refractivity contribution is -0.129. The fourth-order valence-electron chi connectivity index (χ4n) is 3.95. The Hall–Kier alpha value is -2.24. The van der Waals surface area contributed by atoms with E-state index in [0.29, 0.717) is 25.0 Å². The number of benzene rings is 1. The maximum atomic E-state index is 12.7. The van der Waals surface area contributed by atoms with Gasteiger partial charge in [-0.15, -0.1) is 0 Å². The molecule has 0 unspecified atom stereocenters. The highest BCUT2D eigenvalue weighted by Crippen LogP contribution is 2.24. The van der Waals surface area contributed by atoms with Gasteiger partial charge in [0.05, 0.1) is 0 Å². The van der Waals surface area contributed by atoms with Crippen LogP contribution in [-0.4, -0.2) is 60.5 Å². The molecule has 3 amide bonds. The van der Waals surface area contributed by atoms with Crippen LogP contribution in [-0.2, 0) is 4.79 Å². The molecule has 2 aliphatic rings. The summed E-state index contributed by atoms with van der Waals surface area (Å²) in [5.41, 5.74) is 1.91. The number of nitrogens with one attached hydrogen (secondary N) is 1. The van der Waals surface area contributed by atoms with Crippen LogP contribution in [0.1, 0.15) is 46.0 Å². The second-order valence-electron chi connectivity index (χ2n) is 7.95. The van der Waals surface area contributed by atoms with Crippen molar-refractivity contribution in [3.63, 3.8) is 0 Å². The summed E-state index contributed by atoms with van der Waals surface area (Å²) in [6.07, 6.45) is 4.46. The Bertz CT molecular complexity index is 676. The van der Waals surface area contributed by atoms with E-state index in [0.717, 1.165) is 50.1 Å². The van der Waals surface area contributed by atoms with E-state index in [9.17, 15) is 9.59 Å². The van der Waals surface area contributed by atoms with Crippen LogP contribution in [0.5, 0.6) is 0 Å². The Morgan fingerprint density at radius 1 is 1.19 bits per heavy atom. The SMILES string of the molecule is CC(C)N(C)c1cccc(NC(=O)N2CCC[C@@H](N3CCCC3=O)CC2)c1. The van der Waals surface area contributed by atoms with Gasteiger partial charge in [-0.3, -0.25) is 4.79 Å². The molecule has 0 spiro atoms. The van der Waals surface area contributed by atoms with Crippen LogP contribution in [0, 0.1) is 0 Å². The van der Waals surface area contributed by atoms with Crippen LogP contribution < -0.4 is 10.2 Å². The topological polar surface area (TPSA) is 55.9 Å². The van der Waals surface area contributed by atoms with E-state index in [1.807, 2.05) is 28.0 Å². The van der Waals surface area contributed by atoms with Crippen LogP contribution in [0.25, 0.3) is 0 Å². The van der Waals surface area contributed by atoms with E-state index in [4.69, 9.17) is 0 Å².